The number of hydrogen-bond donors (Lipinski definition) is 1. The molecule has 6 nitrogen and oxygen atoms in total. The van der Waals surface area contributed by atoms with Crippen molar-refractivity contribution < 1.29 is 18.1 Å². The first-order chi connectivity index (χ1) is 11.1. The van der Waals surface area contributed by atoms with E-state index in [1.54, 1.807) is 12.1 Å². The average molecular weight is 336 g/mol. The smallest absolute Gasteiger partial charge is 0.399 e. The molecule has 1 saturated heterocycles. The Morgan fingerprint density at radius 2 is 1.79 bits per heavy atom. The third-order valence-electron chi connectivity index (χ3n) is 4.49. The van der Waals surface area contributed by atoms with Crippen molar-refractivity contribution in [1.29, 1.82) is 0 Å². The van der Waals surface area contributed by atoms with Gasteiger partial charge in [-0.2, -0.15) is 5.10 Å². The van der Waals surface area contributed by atoms with E-state index in [0.29, 0.717) is 11.5 Å². The van der Waals surface area contributed by atoms with Crippen molar-refractivity contribution in [2.24, 2.45) is 0 Å². The van der Waals surface area contributed by atoms with Gasteiger partial charge in [0.05, 0.1) is 23.1 Å². The highest BCUT2D eigenvalue weighted by Crippen LogP contribution is 2.37. The Bertz CT molecular complexity index is 730. The standard InChI is InChI=1S/C15H19BF2N4O2/c1-14(2)15(3,4)24-16(23-14)10-8-22(21-12(10)13(17)18)11-6-5-9(19)7-20-11/h5-8,13H,19H2,1-4H3. The number of hydrogen-bond acceptors (Lipinski definition) is 5. The summed E-state index contributed by atoms with van der Waals surface area (Å²) in [5.41, 5.74) is 4.63. The third kappa shape index (κ3) is 2.78. The second kappa shape index (κ2) is 5.53. The number of nitrogens with two attached hydrogens (primary N) is 1. The molecular formula is C15H19BF2N4O2. The van der Waals surface area contributed by atoms with Gasteiger partial charge in [-0.25, -0.2) is 18.4 Å². The first kappa shape index (κ1) is 16.8. The second-order valence-corrected chi connectivity index (χ2v) is 6.75. The van der Waals surface area contributed by atoms with Gasteiger partial charge in [0.25, 0.3) is 6.43 Å². The Labute approximate surface area is 139 Å². The number of rotatable bonds is 3. The van der Waals surface area contributed by atoms with Crippen LogP contribution >= 0.6 is 0 Å². The maximum Gasteiger partial charge on any atom is 0.498 e. The lowest BCUT2D eigenvalue weighted by molar-refractivity contribution is 0.00578. The van der Waals surface area contributed by atoms with E-state index in [2.05, 4.69) is 10.1 Å². The Kier molecular flexibility index (Phi) is 3.88. The second-order valence-electron chi connectivity index (χ2n) is 6.75. The van der Waals surface area contributed by atoms with Crippen LogP contribution < -0.4 is 11.2 Å². The van der Waals surface area contributed by atoms with E-state index < -0.39 is 24.7 Å². The summed E-state index contributed by atoms with van der Waals surface area (Å²) >= 11 is 0. The fraction of sp³-hybridized carbons (Fsp3) is 0.467. The van der Waals surface area contributed by atoms with Gasteiger partial charge in [-0.15, -0.1) is 0 Å². The molecule has 0 aromatic carbocycles. The molecule has 0 amide bonds. The highest BCUT2D eigenvalue weighted by Gasteiger charge is 2.53. The van der Waals surface area contributed by atoms with Crippen molar-refractivity contribution in [2.45, 2.75) is 45.3 Å². The van der Waals surface area contributed by atoms with Gasteiger partial charge in [-0.1, -0.05) is 0 Å². The van der Waals surface area contributed by atoms with E-state index in [4.69, 9.17) is 15.0 Å². The van der Waals surface area contributed by atoms with Crippen LogP contribution in [0.2, 0.25) is 0 Å². The molecule has 1 aliphatic rings. The quantitative estimate of drug-likeness (QED) is 0.869. The Morgan fingerprint density at radius 1 is 1.17 bits per heavy atom. The lowest BCUT2D eigenvalue weighted by Gasteiger charge is -2.32. The predicted octanol–water partition coefficient (Wildman–Crippen LogP) is 2.09. The average Bonchev–Trinajstić information content (AvgIpc) is 2.99. The molecule has 0 spiro atoms. The van der Waals surface area contributed by atoms with Crippen molar-refractivity contribution >= 4 is 18.3 Å². The van der Waals surface area contributed by atoms with Gasteiger partial charge in [0.15, 0.2) is 5.82 Å². The van der Waals surface area contributed by atoms with Gasteiger partial charge in [0.1, 0.15) is 5.69 Å². The number of alkyl halides is 2. The van der Waals surface area contributed by atoms with E-state index in [1.165, 1.54) is 17.1 Å². The first-order valence-corrected chi connectivity index (χ1v) is 7.56. The summed E-state index contributed by atoms with van der Waals surface area (Å²) in [5.74, 6) is 0.383. The molecule has 0 unspecified atom stereocenters. The number of anilines is 1. The van der Waals surface area contributed by atoms with E-state index in [-0.39, 0.29) is 11.2 Å². The van der Waals surface area contributed by atoms with Crippen LogP contribution in [0.1, 0.15) is 39.8 Å². The van der Waals surface area contributed by atoms with Crippen molar-refractivity contribution in [2.75, 3.05) is 5.73 Å². The van der Waals surface area contributed by atoms with Crippen LogP contribution in [-0.4, -0.2) is 33.1 Å². The molecule has 1 fully saturated rings. The largest absolute Gasteiger partial charge is 0.498 e. The summed E-state index contributed by atoms with van der Waals surface area (Å²) < 4.78 is 39.9. The molecule has 0 bridgehead atoms. The van der Waals surface area contributed by atoms with Crippen molar-refractivity contribution in [3.8, 4) is 5.82 Å². The maximum atomic E-state index is 13.4. The molecule has 3 rings (SSSR count). The highest BCUT2D eigenvalue weighted by atomic mass is 19.3. The summed E-state index contributed by atoms with van der Waals surface area (Å²) in [7, 11) is -0.915. The molecule has 1 aliphatic heterocycles. The number of nitrogens with zero attached hydrogens (tertiary/aromatic N) is 3. The van der Waals surface area contributed by atoms with Gasteiger partial charge >= 0.3 is 7.12 Å². The summed E-state index contributed by atoms with van der Waals surface area (Å²) in [6.07, 6.45) is 0.143. The van der Waals surface area contributed by atoms with Crippen molar-refractivity contribution in [3.63, 3.8) is 0 Å². The highest BCUT2D eigenvalue weighted by molar-refractivity contribution is 6.62. The molecular weight excluding hydrogens is 317 g/mol. The third-order valence-corrected chi connectivity index (χ3v) is 4.49. The minimum absolute atomic E-state index is 0.197. The molecule has 128 valence electrons. The topological polar surface area (TPSA) is 75.2 Å². The Balaban J connectivity index is 2.01. The molecule has 2 aromatic heterocycles. The molecule has 0 saturated carbocycles. The number of nitrogen functional groups attached to an aromatic ring is 1. The zero-order chi connectivity index (χ0) is 17.7. The Morgan fingerprint density at radius 3 is 2.29 bits per heavy atom. The number of pyridine rings is 1. The molecule has 0 aliphatic carbocycles. The van der Waals surface area contributed by atoms with Gasteiger partial charge in [0.2, 0.25) is 0 Å². The van der Waals surface area contributed by atoms with Gasteiger partial charge in [-0.3, -0.25) is 0 Å². The first-order valence-electron chi connectivity index (χ1n) is 7.56. The summed E-state index contributed by atoms with van der Waals surface area (Å²) in [5, 5.41) is 3.95. The lowest BCUT2D eigenvalue weighted by Crippen LogP contribution is -2.41. The van der Waals surface area contributed by atoms with E-state index in [9.17, 15) is 8.78 Å². The fourth-order valence-electron chi connectivity index (χ4n) is 2.37. The SMILES string of the molecule is CC1(C)OB(c2cn(-c3ccc(N)cn3)nc2C(F)F)OC1(C)C. The van der Waals surface area contributed by atoms with Gasteiger partial charge < -0.3 is 15.0 Å². The van der Waals surface area contributed by atoms with Gasteiger partial charge in [-0.05, 0) is 39.8 Å². The molecule has 2 N–H and O–H groups in total. The van der Waals surface area contributed by atoms with Crippen LogP contribution in [0.3, 0.4) is 0 Å². The summed E-state index contributed by atoms with van der Waals surface area (Å²) in [6.45, 7) is 7.45. The minimum Gasteiger partial charge on any atom is -0.399 e. The monoisotopic (exact) mass is 336 g/mol. The van der Waals surface area contributed by atoms with Crippen LogP contribution in [-0.2, 0) is 9.31 Å². The molecule has 0 atom stereocenters. The van der Waals surface area contributed by atoms with E-state index in [1.807, 2.05) is 27.7 Å². The van der Waals surface area contributed by atoms with Crippen molar-refractivity contribution in [3.05, 3.63) is 30.2 Å². The maximum absolute atomic E-state index is 13.4. The van der Waals surface area contributed by atoms with Crippen LogP contribution in [0.25, 0.3) is 5.82 Å². The number of halogens is 2. The normalized spacial score (nSPS) is 19.2. The van der Waals surface area contributed by atoms with E-state index in [0.717, 1.165) is 0 Å². The molecule has 2 aromatic rings. The lowest BCUT2D eigenvalue weighted by atomic mass is 9.79. The van der Waals surface area contributed by atoms with E-state index >= 15 is 0 Å². The van der Waals surface area contributed by atoms with Crippen LogP contribution in [0.4, 0.5) is 14.5 Å². The fourth-order valence-corrected chi connectivity index (χ4v) is 2.37. The van der Waals surface area contributed by atoms with Crippen LogP contribution in [0, 0.1) is 0 Å². The molecule has 0 radical (unpaired) electrons. The molecule has 3 heterocycles. The van der Waals surface area contributed by atoms with Crippen molar-refractivity contribution in [1.82, 2.24) is 14.8 Å². The minimum atomic E-state index is -2.76. The zero-order valence-corrected chi connectivity index (χ0v) is 14.0. The Hall–Kier alpha value is -2.00. The van der Waals surface area contributed by atoms with Gasteiger partial charge in [0, 0.05) is 11.7 Å². The molecule has 9 heteroatoms. The van der Waals surface area contributed by atoms with Crippen LogP contribution in [0.15, 0.2) is 24.5 Å². The zero-order valence-electron chi connectivity index (χ0n) is 14.0. The summed E-state index contributed by atoms with van der Waals surface area (Å²) in [6, 6.07) is 3.23. The number of aromatic nitrogens is 3. The summed E-state index contributed by atoms with van der Waals surface area (Å²) in [4.78, 5) is 4.10. The predicted molar refractivity (Wildman–Crippen MR) is 86.4 cm³/mol. The molecule has 24 heavy (non-hydrogen) atoms. The van der Waals surface area contributed by atoms with Crippen LogP contribution in [0.5, 0.6) is 0 Å².